The van der Waals surface area contributed by atoms with E-state index in [4.69, 9.17) is 16.3 Å². The molecule has 1 N–H and O–H groups in total. The van der Waals surface area contributed by atoms with Crippen molar-refractivity contribution in [1.29, 1.82) is 0 Å². The van der Waals surface area contributed by atoms with Crippen molar-refractivity contribution < 1.29 is 4.74 Å². The largest absolute Gasteiger partial charge is 0.394 e. The van der Waals surface area contributed by atoms with Crippen molar-refractivity contribution in [2.45, 2.75) is 25.7 Å². The van der Waals surface area contributed by atoms with Crippen molar-refractivity contribution in [2.75, 3.05) is 20.3 Å². The van der Waals surface area contributed by atoms with E-state index in [9.17, 15) is 0 Å². The van der Waals surface area contributed by atoms with Gasteiger partial charge in [0.25, 0.3) is 0 Å². The van der Waals surface area contributed by atoms with Crippen molar-refractivity contribution in [3.8, 4) is 0 Å². The molecule has 0 bridgehead atoms. The van der Waals surface area contributed by atoms with Crippen molar-refractivity contribution >= 4 is 28.2 Å². The molecule has 1 aliphatic rings. The fourth-order valence-corrected chi connectivity index (χ4v) is 3.18. The molecule has 1 fully saturated rings. The van der Waals surface area contributed by atoms with Gasteiger partial charge in [0.1, 0.15) is 5.15 Å². The number of halogens is 1. The van der Waals surface area contributed by atoms with Gasteiger partial charge in [-0.05, 0) is 60.9 Å². The van der Waals surface area contributed by atoms with Crippen LogP contribution in [0.1, 0.15) is 31.2 Å². The summed E-state index contributed by atoms with van der Waals surface area (Å²) >= 11 is 6.00. The maximum Gasteiger partial charge on any atom is 0.129 e. The van der Waals surface area contributed by atoms with E-state index in [2.05, 4.69) is 27.6 Å². The summed E-state index contributed by atoms with van der Waals surface area (Å²) in [7, 11) is 1.93. The van der Waals surface area contributed by atoms with Crippen LogP contribution in [0.2, 0.25) is 5.15 Å². The van der Waals surface area contributed by atoms with Gasteiger partial charge in [-0.3, -0.25) is 4.98 Å². The molecule has 0 unspecified atom stereocenters. The van der Waals surface area contributed by atoms with E-state index < -0.39 is 0 Å². The molecular weight excluding hydrogens is 310 g/mol. The van der Waals surface area contributed by atoms with E-state index >= 15 is 0 Å². The minimum Gasteiger partial charge on any atom is -0.394 e. The number of allylic oxidation sites excluding steroid dienone is 1. The van der Waals surface area contributed by atoms with Gasteiger partial charge >= 0.3 is 0 Å². The van der Waals surface area contributed by atoms with Crippen LogP contribution in [0.3, 0.4) is 0 Å². The maximum atomic E-state index is 6.00. The van der Waals surface area contributed by atoms with Gasteiger partial charge in [0.2, 0.25) is 0 Å². The van der Waals surface area contributed by atoms with Gasteiger partial charge in [-0.25, -0.2) is 4.98 Å². The average Bonchev–Trinajstić information content (AvgIpc) is 2.59. The molecule has 3 rings (SSSR count). The van der Waals surface area contributed by atoms with E-state index in [1.807, 2.05) is 19.3 Å². The van der Waals surface area contributed by atoms with Crippen LogP contribution in [0.15, 0.2) is 30.6 Å². The molecule has 2 aromatic heterocycles. The Labute approximate surface area is 141 Å². The summed E-state index contributed by atoms with van der Waals surface area (Å²) in [5.74, 6) is 0.755. The third-order valence-corrected chi connectivity index (χ3v) is 4.57. The molecule has 0 saturated carbocycles. The Balaban J connectivity index is 1.78. The molecule has 0 amide bonds. The fourth-order valence-electron chi connectivity index (χ4n) is 3.03. The normalized spacial score (nSPS) is 16.7. The Morgan fingerprint density at radius 3 is 2.96 bits per heavy atom. The van der Waals surface area contributed by atoms with E-state index in [0.717, 1.165) is 42.1 Å². The first-order chi connectivity index (χ1) is 11.3. The number of nitrogens with one attached hydrogen (secondary N) is 1. The number of hydrogen-bond donors (Lipinski definition) is 1. The SMILES string of the molecule is CN/C=C(\CCC1CCOCC1)c1cnc2ccc(Cl)nc2c1. The highest BCUT2D eigenvalue weighted by Gasteiger charge is 2.15. The van der Waals surface area contributed by atoms with Gasteiger partial charge in [0, 0.05) is 32.7 Å². The predicted octanol–water partition coefficient (Wildman–Crippen LogP) is 4.05. The highest BCUT2D eigenvalue weighted by molar-refractivity contribution is 6.29. The molecule has 1 aliphatic heterocycles. The highest BCUT2D eigenvalue weighted by atomic mass is 35.5. The average molecular weight is 332 g/mol. The summed E-state index contributed by atoms with van der Waals surface area (Å²) in [5, 5.41) is 3.65. The number of hydrogen-bond acceptors (Lipinski definition) is 4. The quantitative estimate of drug-likeness (QED) is 0.840. The number of rotatable bonds is 5. The molecule has 0 atom stereocenters. The van der Waals surface area contributed by atoms with Crippen LogP contribution >= 0.6 is 11.6 Å². The lowest BCUT2D eigenvalue weighted by atomic mass is 9.91. The molecule has 0 aliphatic carbocycles. The first kappa shape index (κ1) is 16.2. The molecule has 0 aromatic carbocycles. The Morgan fingerprint density at radius 2 is 2.17 bits per heavy atom. The van der Waals surface area contributed by atoms with Gasteiger partial charge in [0.05, 0.1) is 11.0 Å². The first-order valence-electron chi connectivity index (χ1n) is 8.13. The monoisotopic (exact) mass is 331 g/mol. The number of ether oxygens (including phenoxy) is 1. The Bertz CT molecular complexity index is 696. The standard InChI is InChI=1S/C18H22ClN3O/c1-20-11-14(3-2-13-6-8-23-9-7-13)15-10-17-16(21-12-15)4-5-18(19)22-17/h4-5,10-13,20H,2-3,6-9H2,1H3/b14-11+. The topological polar surface area (TPSA) is 47.0 Å². The Hall–Kier alpha value is -1.65. The minimum absolute atomic E-state index is 0.498. The van der Waals surface area contributed by atoms with E-state index in [1.54, 1.807) is 6.07 Å². The van der Waals surface area contributed by atoms with Crippen LogP contribution in [0.4, 0.5) is 0 Å². The zero-order valence-electron chi connectivity index (χ0n) is 13.4. The molecule has 5 heteroatoms. The molecule has 3 heterocycles. The van der Waals surface area contributed by atoms with E-state index in [1.165, 1.54) is 24.8 Å². The number of fused-ring (bicyclic) bond motifs is 1. The van der Waals surface area contributed by atoms with Crippen LogP contribution in [-0.2, 0) is 4.74 Å². The van der Waals surface area contributed by atoms with Crippen LogP contribution in [0.25, 0.3) is 16.6 Å². The lowest BCUT2D eigenvalue weighted by molar-refractivity contribution is 0.0644. The molecular formula is C18H22ClN3O. The number of nitrogens with zero attached hydrogens (tertiary/aromatic N) is 2. The van der Waals surface area contributed by atoms with Crippen LogP contribution < -0.4 is 5.32 Å². The summed E-state index contributed by atoms with van der Waals surface area (Å²) in [6.45, 7) is 1.80. The first-order valence-corrected chi connectivity index (χ1v) is 8.51. The van der Waals surface area contributed by atoms with Gasteiger partial charge in [-0.15, -0.1) is 0 Å². The summed E-state index contributed by atoms with van der Waals surface area (Å²) in [4.78, 5) is 8.88. The summed E-state index contributed by atoms with van der Waals surface area (Å²) < 4.78 is 5.44. The second-order valence-corrected chi connectivity index (χ2v) is 6.34. The Kier molecular flexibility index (Phi) is 5.47. The van der Waals surface area contributed by atoms with E-state index in [-0.39, 0.29) is 0 Å². The van der Waals surface area contributed by atoms with Gasteiger partial charge in [0.15, 0.2) is 0 Å². The van der Waals surface area contributed by atoms with Crippen LogP contribution in [0, 0.1) is 5.92 Å². The zero-order chi connectivity index (χ0) is 16.1. The number of pyridine rings is 2. The molecule has 0 spiro atoms. The summed E-state index contributed by atoms with van der Waals surface area (Å²) in [6, 6.07) is 5.74. The lowest BCUT2D eigenvalue weighted by Gasteiger charge is -2.22. The fraction of sp³-hybridized carbons (Fsp3) is 0.444. The van der Waals surface area contributed by atoms with Crippen LogP contribution in [0.5, 0.6) is 0 Å². The van der Waals surface area contributed by atoms with Crippen molar-refractivity contribution in [3.63, 3.8) is 0 Å². The maximum absolute atomic E-state index is 6.00. The molecule has 4 nitrogen and oxygen atoms in total. The molecule has 122 valence electrons. The zero-order valence-corrected chi connectivity index (χ0v) is 14.1. The third kappa shape index (κ3) is 4.21. The Morgan fingerprint density at radius 1 is 1.35 bits per heavy atom. The molecule has 1 saturated heterocycles. The van der Waals surface area contributed by atoms with Gasteiger partial charge < -0.3 is 10.1 Å². The molecule has 2 aromatic rings. The molecule has 23 heavy (non-hydrogen) atoms. The highest BCUT2D eigenvalue weighted by Crippen LogP contribution is 2.27. The van der Waals surface area contributed by atoms with E-state index in [0.29, 0.717) is 5.15 Å². The second kappa shape index (κ2) is 7.75. The summed E-state index contributed by atoms with van der Waals surface area (Å²) in [6.07, 6.45) is 8.52. The second-order valence-electron chi connectivity index (χ2n) is 5.95. The lowest BCUT2D eigenvalue weighted by Crippen LogP contribution is -2.15. The predicted molar refractivity (Wildman–Crippen MR) is 94.4 cm³/mol. The van der Waals surface area contributed by atoms with Gasteiger partial charge in [-0.2, -0.15) is 0 Å². The van der Waals surface area contributed by atoms with Crippen molar-refractivity contribution in [1.82, 2.24) is 15.3 Å². The van der Waals surface area contributed by atoms with Crippen molar-refractivity contribution in [2.24, 2.45) is 5.92 Å². The smallest absolute Gasteiger partial charge is 0.129 e. The van der Waals surface area contributed by atoms with Gasteiger partial charge in [-0.1, -0.05) is 11.6 Å². The van der Waals surface area contributed by atoms with Crippen molar-refractivity contribution in [3.05, 3.63) is 41.3 Å². The summed E-state index contributed by atoms with van der Waals surface area (Å²) in [5.41, 5.74) is 4.07. The third-order valence-electron chi connectivity index (χ3n) is 4.36. The number of aromatic nitrogens is 2. The molecule has 0 radical (unpaired) electrons. The van der Waals surface area contributed by atoms with Crippen LogP contribution in [-0.4, -0.2) is 30.2 Å². The minimum atomic E-state index is 0.498.